The van der Waals surface area contributed by atoms with E-state index in [4.69, 9.17) is 5.73 Å². The van der Waals surface area contributed by atoms with E-state index >= 15 is 0 Å². The third-order valence-electron chi connectivity index (χ3n) is 3.05. The van der Waals surface area contributed by atoms with Gasteiger partial charge in [-0.05, 0) is 12.1 Å². The van der Waals surface area contributed by atoms with Crippen LogP contribution in [0.3, 0.4) is 0 Å². The molecule has 0 atom stereocenters. The zero-order valence-corrected chi connectivity index (χ0v) is 10.8. The highest BCUT2D eigenvalue weighted by Gasteiger charge is 2.20. The van der Waals surface area contributed by atoms with Gasteiger partial charge in [-0.15, -0.1) is 0 Å². The van der Waals surface area contributed by atoms with E-state index in [-0.39, 0.29) is 0 Å². The van der Waals surface area contributed by atoms with Gasteiger partial charge < -0.3 is 10.3 Å². The van der Waals surface area contributed by atoms with Crippen LogP contribution < -0.4 is 5.73 Å². The van der Waals surface area contributed by atoms with Gasteiger partial charge in [0.1, 0.15) is 11.5 Å². The molecule has 0 aliphatic carbocycles. The maximum atomic E-state index is 6.12. The molecule has 0 aromatic carbocycles. The van der Waals surface area contributed by atoms with Crippen molar-refractivity contribution >= 4 is 5.82 Å². The van der Waals surface area contributed by atoms with Gasteiger partial charge in [0.15, 0.2) is 5.82 Å². The molecule has 19 heavy (non-hydrogen) atoms. The summed E-state index contributed by atoms with van der Waals surface area (Å²) >= 11 is 0. The smallest absolute Gasteiger partial charge is 0.161 e. The Balaban J connectivity index is 2.28. The Kier molecular flexibility index (Phi) is 2.56. The minimum absolute atomic E-state index is 0.580. The number of imidazole rings is 1. The van der Waals surface area contributed by atoms with Crippen LogP contribution in [0.15, 0.2) is 36.8 Å². The average Bonchev–Trinajstić information content (AvgIpc) is 2.96. The number of nitrogens with zero attached hydrogens (tertiary/aromatic N) is 5. The molecule has 3 rings (SSSR count). The first-order chi connectivity index (χ1) is 9.18. The fourth-order valence-corrected chi connectivity index (χ4v) is 2.05. The lowest BCUT2D eigenvalue weighted by molar-refractivity contribution is 0.776. The molecule has 3 aromatic rings. The summed E-state index contributed by atoms with van der Waals surface area (Å²) < 4.78 is 3.56. The molecule has 6 heteroatoms. The molecule has 0 spiro atoms. The van der Waals surface area contributed by atoms with Gasteiger partial charge in [0.05, 0.1) is 11.3 Å². The number of hydrogen-bond donors (Lipinski definition) is 1. The Morgan fingerprint density at radius 3 is 2.58 bits per heavy atom. The number of nitrogens with two attached hydrogens (primary N) is 1. The van der Waals surface area contributed by atoms with Gasteiger partial charge in [0.25, 0.3) is 0 Å². The van der Waals surface area contributed by atoms with E-state index in [1.54, 1.807) is 17.1 Å². The second-order valence-electron chi connectivity index (χ2n) is 4.31. The topological polar surface area (TPSA) is 74.5 Å². The van der Waals surface area contributed by atoms with Crippen molar-refractivity contribution < 1.29 is 0 Å². The molecule has 0 radical (unpaired) electrons. The number of anilines is 1. The van der Waals surface area contributed by atoms with E-state index in [1.165, 1.54) is 0 Å². The minimum atomic E-state index is 0.580. The highest BCUT2D eigenvalue weighted by Crippen LogP contribution is 2.33. The summed E-state index contributed by atoms with van der Waals surface area (Å²) in [6.07, 6.45) is 5.36. The lowest BCUT2D eigenvalue weighted by atomic mass is 10.1. The van der Waals surface area contributed by atoms with Crippen LogP contribution in [0, 0.1) is 0 Å². The number of nitrogen functional groups attached to an aromatic ring is 1. The number of pyridine rings is 1. The summed E-state index contributed by atoms with van der Waals surface area (Å²) in [6.45, 7) is 0. The molecule has 0 amide bonds. The molecular weight excluding hydrogens is 240 g/mol. The van der Waals surface area contributed by atoms with Gasteiger partial charge in [0, 0.05) is 32.7 Å². The summed E-state index contributed by atoms with van der Waals surface area (Å²) in [7, 11) is 3.74. The molecule has 6 nitrogen and oxygen atoms in total. The third-order valence-corrected chi connectivity index (χ3v) is 3.05. The number of hydrogen-bond acceptors (Lipinski definition) is 4. The fourth-order valence-electron chi connectivity index (χ4n) is 2.05. The van der Waals surface area contributed by atoms with Crippen LogP contribution >= 0.6 is 0 Å². The Labute approximate surface area is 110 Å². The predicted octanol–water partition coefficient (Wildman–Crippen LogP) is 1.46. The molecule has 0 aliphatic heterocycles. The summed E-state index contributed by atoms with van der Waals surface area (Å²) in [5.74, 6) is 1.35. The van der Waals surface area contributed by atoms with Gasteiger partial charge in [-0.3, -0.25) is 9.67 Å². The summed E-state index contributed by atoms with van der Waals surface area (Å²) in [5.41, 5.74) is 8.47. The van der Waals surface area contributed by atoms with Crippen LogP contribution in [0.2, 0.25) is 0 Å². The standard InChI is InChI=1S/C13H14N6/c1-18-8-7-16-13(18)11-10(12(14)19(2)17-11)9-5-3-4-6-15-9/h3-8H,14H2,1-2H3. The predicted molar refractivity (Wildman–Crippen MR) is 73.1 cm³/mol. The van der Waals surface area contributed by atoms with Crippen LogP contribution in [0.1, 0.15) is 0 Å². The Hall–Kier alpha value is -2.63. The molecule has 3 heterocycles. The van der Waals surface area contributed by atoms with Gasteiger partial charge in [-0.2, -0.15) is 5.10 Å². The van der Waals surface area contributed by atoms with Crippen molar-refractivity contribution in [3.63, 3.8) is 0 Å². The zero-order chi connectivity index (χ0) is 13.4. The van der Waals surface area contributed by atoms with E-state index in [0.717, 1.165) is 22.8 Å². The van der Waals surface area contributed by atoms with Crippen molar-refractivity contribution in [2.24, 2.45) is 14.1 Å². The highest BCUT2D eigenvalue weighted by molar-refractivity contribution is 5.84. The van der Waals surface area contributed by atoms with Crippen molar-refractivity contribution in [3.05, 3.63) is 36.8 Å². The first-order valence-corrected chi connectivity index (χ1v) is 5.90. The number of aryl methyl sites for hydroxylation is 2. The van der Waals surface area contributed by atoms with E-state index in [0.29, 0.717) is 5.82 Å². The molecule has 96 valence electrons. The van der Waals surface area contributed by atoms with Gasteiger partial charge in [-0.1, -0.05) is 6.07 Å². The molecule has 0 saturated heterocycles. The summed E-state index contributed by atoms with van der Waals surface area (Å²) in [4.78, 5) is 8.68. The molecule has 0 saturated carbocycles. The van der Waals surface area contributed by atoms with Crippen molar-refractivity contribution in [2.75, 3.05) is 5.73 Å². The SMILES string of the molecule is Cn1ccnc1-c1nn(C)c(N)c1-c1ccccn1. The van der Waals surface area contributed by atoms with E-state index < -0.39 is 0 Å². The Morgan fingerprint density at radius 2 is 1.95 bits per heavy atom. The first kappa shape index (κ1) is 11.5. The fraction of sp³-hybridized carbons (Fsp3) is 0.154. The molecule has 0 unspecified atom stereocenters. The Bertz CT molecular complexity index is 710. The average molecular weight is 254 g/mol. The molecule has 0 bridgehead atoms. The van der Waals surface area contributed by atoms with Crippen LogP contribution in [0.4, 0.5) is 5.82 Å². The van der Waals surface area contributed by atoms with Crippen LogP contribution in [-0.4, -0.2) is 24.3 Å². The second-order valence-corrected chi connectivity index (χ2v) is 4.31. The molecule has 0 aliphatic rings. The largest absolute Gasteiger partial charge is 0.383 e. The maximum Gasteiger partial charge on any atom is 0.161 e. The van der Waals surface area contributed by atoms with E-state index in [9.17, 15) is 0 Å². The normalized spacial score (nSPS) is 10.8. The van der Waals surface area contributed by atoms with Crippen molar-refractivity contribution in [1.82, 2.24) is 24.3 Å². The molecular formula is C13H14N6. The van der Waals surface area contributed by atoms with Crippen LogP contribution in [0.25, 0.3) is 22.8 Å². The quantitative estimate of drug-likeness (QED) is 0.751. The van der Waals surface area contributed by atoms with Gasteiger partial charge in [0.2, 0.25) is 0 Å². The minimum Gasteiger partial charge on any atom is -0.383 e. The summed E-state index contributed by atoms with van der Waals surface area (Å²) in [6, 6.07) is 5.72. The second kappa shape index (κ2) is 4.24. The monoisotopic (exact) mass is 254 g/mol. The van der Waals surface area contributed by atoms with Gasteiger partial charge >= 0.3 is 0 Å². The molecule has 2 N–H and O–H groups in total. The highest BCUT2D eigenvalue weighted by atomic mass is 15.3. The van der Waals surface area contributed by atoms with Crippen LogP contribution in [-0.2, 0) is 14.1 Å². The molecule has 3 aromatic heterocycles. The molecule has 0 fully saturated rings. The lowest BCUT2D eigenvalue weighted by Gasteiger charge is -2.03. The zero-order valence-electron chi connectivity index (χ0n) is 10.8. The van der Waals surface area contributed by atoms with Gasteiger partial charge in [-0.25, -0.2) is 4.98 Å². The van der Waals surface area contributed by atoms with Crippen molar-refractivity contribution in [2.45, 2.75) is 0 Å². The lowest BCUT2D eigenvalue weighted by Crippen LogP contribution is -1.98. The van der Waals surface area contributed by atoms with Crippen molar-refractivity contribution in [1.29, 1.82) is 0 Å². The first-order valence-electron chi connectivity index (χ1n) is 5.90. The van der Waals surface area contributed by atoms with Crippen LogP contribution in [0.5, 0.6) is 0 Å². The Morgan fingerprint density at radius 1 is 1.11 bits per heavy atom. The summed E-state index contributed by atoms with van der Waals surface area (Å²) in [5, 5.41) is 4.46. The number of rotatable bonds is 2. The number of aromatic nitrogens is 5. The maximum absolute atomic E-state index is 6.12. The van der Waals surface area contributed by atoms with Crippen molar-refractivity contribution in [3.8, 4) is 22.8 Å². The van der Waals surface area contributed by atoms with E-state index in [1.807, 2.05) is 43.1 Å². The van der Waals surface area contributed by atoms with E-state index in [2.05, 4.69) is 15.1 Å². The third kappa shape index (κ3) is 1.77.